The van der Waals surface area contributed by atoms with Crippen LogP contribution in [0.1, 0.15) is 5.56 Å². The van der Waals surface area contributed by atoms with Gasteiger partial charge in [0, 0.05) is 0 Å². The Morgan fingerprint density at radius 3 is 2.69 bits per heavy atom. The molecule has 0 fully saturated rings. The molecule has 0 unspecified atom stereocenters. The molecular weight excluding hydrogens is 164 g/mol. The fourth-order valence-electron chi connectivity index (χ4n) is 0.930. The Morgan fingerprint density at radius 2 is 2.00 bits per heavy atom. The molecule has 0 N–H and O–H groups in total. The van der Waals surface area contributed by atoms with Crippen LogP contribution in [0.2, 0.25) is 0 Å². The van der Waals surface area contributed by atoms with Crippen molar-refractivity contribution in [1.82, 2.24) is 0 Å². The van der Waals surface area contributed by atoms with Gasteiger partial charge < -0.3 is 4.74 Å². The Morgan fingerprint density at radius 1 is 1.23 bits per heavy atom. The molecule has 2 nitrogen and oxygen atoms in total. The van der Waals surface area contributed by atoms with Gasteiger partial charge in [-0.05, 0) is 11.6 Å². The minimum absolute atomic E-state index is 0.480. The number of allylic oxidation sites excluding steroid dienone is 1. The summed E-state index contributed by atoms with van der Waals surface area (Å²) in [6.07, 6.45) is 3.87. The molecular formula is C11H12O2. The van der Waals surface area contributed by atoms with Gasteiger partial charge in [0.1, 0.15) is 6.29 Å². The van der Waals surface area contributed by atoms with Crippen LogP contribution in [0.3, 0.4) is 0 Å². The highest BCUT2D eigenvalue weighted by Gasteiger charge is 1.88. The highest BCUT2D eigenvalue weighted by atomic mass is 16.5. The molecule has 0 saturated heterocycles. The lowest BCUT2D eigenvalue weighted by Gasteiger charge is -1.99. The monoisotopic (exact) mass is 176 g/mol. The van der Waals surface area contributed by atoms with E-state index in [4.69, 9.17) is 4.74 Å². The summed E-state index contributed by atoms with van der Waals surface area (Å²) < 4.78 is 5.28. The second kappa shape index (κ2) is 6.14. The van der Waals surface area contributed by atoms with Crippen LogP contribution in [0.15, 0.2) is 42.5 Å². The van der Waals surface area contributed by atoms with E-state index in [0.717, 1.165) is 11.8 Å². The minimum atomic E-state index is 0.480. The molecule has 0 spiro atoms. The first-order chi connectivity index (χ1) is 6.43. The predicted molar refractivity (Wildman–Crippen MR) is 51.3 cm³/mol. The maximum absolute atomic E-state index is 9.90. The Balaban J connectivity index is 2.20. The molecule has 0 saturated carbocycles. The second-order valence-electron chi connectivity index (χ2n) is 2.56. The zero-order valence-corrected chi connectivity index (χ0v) is 7.35. The van der Waals surface area contributed by atoms with Gasteiger partial charge in [-0.25, -0.2) is 0 Å². The van der Waals surface area contributed by atoms with Crippen molar-refractivity contribution in [1.29, 1.82) is 0 Å². The molecule has 0 aliphatic heterocycles. The van der Waals surface area contributed by atoms with Crippen LogP contribution in [0.5, 0.6) is 0 Å². The topological polar surface area (TPSA) is 26.3 Å². The van der Waals surface area contributed by atoms with Crippen molar-refractivity contribution in [2.75, 3.05) is 6.61 Å². The zero-order valence-electron chi connectivity index (χ0n) is 7.35. The van der Waals surface area contributed by atoms with Crippen molar-refractivity contribution in [3.8, 4) is 0 Å². The molecule has 68 valence electrons. The average Bonchev–Trinajstić information content (AvgIpc) is 2.19. The summed E-state index contributed by atoms with van der Waals surface area (Å²) in [4.78, 5) is 9.90. The van der Waals surface area contributed by atoms with Crippen LogP contribution in [0.25, 0.3) is 0 Å². The van der Waals surface area contributed by atoms with Crippen LogP contribution >= 0.6 is 0 Å². The fourth-order valence-corrected chi connectivity index (χ4v) is 0.930. The maximum atomic E-state index is 9.90. The minimum Gasteiger partial charge on any atom is -0.373 e. The molecule has 2 heteroatoms. The van der Waals surface area contributed by atoms with E-state index in [-0.39, 0.29) is 0 Å². The third-order valence-electron chi connectivity index (χ3n) is 1.54. The first kappa shape index (κ1) is 9.68. The highest BCUT2D eigenvalue weighted by Crippen LogP contribution is 1.99. The van der Waals surface area contributed by atoms with Crippen LogP contribution in [-0.2, 0) is 16.1 Å². The summed E-state index contributed by atoms with van der Waals surface area (Å²) >= 11 is 0. The van der Waals surface area contributed by atoms with Crippen LogP contribution in [-0.4, -0.2) is 12.9 Å². The lowest BCUT2D eigenvalue weighted by atomic mass is 10.2. The summed E-state index contributed by atoms with van der Waals surface area (Å²) in [6, 6.07) is 9.92. The number of hydrogen-bond acceptors (Lipinski definition) is 2. The van der Waals surface area contributed by atoms with E-state index in [9.17, 15) is 4.79 Å². The molecule has 0 amide bonds. The van der Waals surface area contributed by atoms with Crippen molar-refractivity contribution < 1.29 is 9.53 Å². The van der Waals surface area contributed by atoms with Crippen molar-refractivity contribution >= 4 is 6.29 Å². The number of benzene rings is 1. The number of hydrogen-bond donors (Lipinski definition) is 0. The Hall–Kier alpha value is -1.41. The third kappa shape index (κ3) is 4.23. The van der Waals surface area contributed by atoms with Crippen LogP contribution in [0.4, 0.5) is 0 Å². The number of ether oxygens (including phenoxy) is 1. The summed E-state index contributed by atoms with van der Waals surface area (Å²) in [5, 5.41) is 0. The third-order valence-corrected chi connectivity index (χ3v) is 1.54. The molecule has 1 aromatic rings. The van der Waals surface area contributed by atoms with Gasteiger partial charge in [-0.1, -0.05) is 36.4 Å². The molecule has 0 aliphatic carbocycles. The quantitative estimate of drug-likeness (QED) is 0.389. The maximum Gasteiger partial charge on any atom is 0.142 e. The molecule has 1 rings (SSSR count). The number of carbonyl (C=O) groups is 1. The van der Waals surface area contributed by atoms with Crippen LogP contribution in [0, 0.1) is 0 Å². The number of carbonyl (C=O) groups excluding carboxylic acids is 1. The van der Waals surface area contributed by atoms with Gasteiger partial charge in [0.25, 0.3) is 0 Å². The van der Waals surface area contributed by atoms with Crippen molar-refractivity contribution in [2.45, 2.75) is 6.61 Å². The smallest absolute Gasteiger partial charge is 0.142 e. The van der Waals surface area contributed by atoms with Crippen molar-refractivity contribution in [3.05, 3.63) is 48.0 Å². The highest BCUT2D eigenvalue weighted by molar-refractivity contribution is 5.64. The standard InChI is InChI=1S/C11H12O2/c12-8-4-5-9-13-10-11-6-2-1-3-7-11/h1-8H,9-10H2/b5-4-. The summed E-state index contributed by atoms with van der Waals surface area (Å²) in [7, 11) is 0. The van der Waals surface area contributed by atoms with E-state index < -0.39 is 0 Å². The summed E-state index contributed by atoms with van der Waals surface area (Å²) in [6.45, 7) is 1.07. The average molecular weight is 176 g/mol. The first-order valence-corrected chi connectivity index (χ1v) is 4.15. The molecule has 0 bridgehead atoms. The molecule has 1 aromatic carbocycles. The Labute approximate surface area is 77.8 Å². The van der Waals surface area contributed by atoms with E-state index >= 15 is 0 Å². The fraction of sp³-hybridized carbons (Fsp3) is 0.182. The van der Waals surface area contributed by atoms with E-state index in [0.29, 0.717) is 13.2 Å². The lowest BCUT2D eigenvalue weighted by Crippen LogP contribution is -1.91. The van der Waals surface area contributed by atoms with E-state index in [2.05, 4.69) is 0 Å². The van der Waals surface area contributed by atoms with Gasteiger partial charge in [-0.2, -0.15) is 0 Å². The van der Waals surface area contributed by atoms with Gasteiger partial charge in [0.15, 0.2) is 0 Å². The second-order valence-corrected chi connectivity index (χ2v) is 2.56. The molecule has 0 aliphatic rings. The molecule has 13 heavy (non-hydrogen) atoms. The van der Waals surface area contributed by atoms with Crippen LogP contribution < -0.4 is 0 Å². The molecule has 0 heterocycles. The SMILES string of the molecule is O=C/C=C\COCc1ccccc1. The molecule has 0 radical (unpaired) electrons. The first-order valence-electron chi connectivity index (χ1n) is 4.15. The van der Waals surface area contributed by atoms with Crippen molar-refractivity contribution in [3.63, 3.8) is 0 Å². The van der Waals surface area contributed by atoms with Gasteiger partial charge in [-0.15, -0.1) is 0 Å². The normalized spacial score (nSPS) is 10.5. The summed E-state index contributed by atoms with van der Waals surface area (Å²) in [5.74, 6) is 0. The lowest BCUT2D eigenvalue weighted by molar-refractivity contribution is -0.104. The van der Waals surface area contributed by atoms with E-state index in [1.54, 1.807) is 6.08 Å². The molecule has 0 aromatic heterocycles. The molecule has 0 atom stereocenters. The van der Waals surface area contributed by atoms with Gasteiger partial charge in [0.05, 0.1) is 13.2 Å². The van der Waals surface area contributed by atoms with E-state index in [1.165, 1.54) is 6.08 Å². The largest absolute Gasteiger partial charge is 0.373 e. The number of aldehydes is 1. The van der Waals surface area contributed by atoms with Crippen molar-refractivity contribution in [2.24, 2.45) is 0 Å². The van der Waals surface area contributed by atoms with Gasteiger partial charge in [0.2, 0.25) is 0 Å². The Kier molecular flexibility index (Phi) is 4.57. The number of rotatable bonds is 5. The van der Waals surface area contributed by atoms with Gasteiger partial charge in [-0.3, -0.25) is 4.79 Å². The summed E-state index contributed by atoms with van der Waals surface area (Å²) in [5.41, 5.74) is 1.14. The Bertz CT molecular complexity index is 265. The predicted octanol–water partition coefficient (Wildman–Crippen LogP) is 1.96. The zero-order chi connectivity index (χ0) is 9.36. The van der Waals surface area contributed by atoms with E-state index in [1.807, 2.05) is 30.3 Å². The van der Waals surface area contributed by atoms with Gasteiger partial charge >= 0.3 is 0 Å².